The number of alkyl halides is 3. The van der Waals surface area contributed by atoms with Crippen molar-refractivity contribution in [2.24, 2.45) is 0 Å². The zero-order valence-electron chi connectivity index (χ0n) is 8.67. The molecule has 1 heterocycles. The van der Waals surface area contributed by atoms with E-state index in [2.05, 4.69) is 5.10 Å². The Morgan fingerprint density at radius 3 is 2.50 bits per heavy atom. The maximum absolute atomic E-state index is 13.6. The molecule has 0 saturated carbocycles. The average Bonchev–Trinajstić information content (AvgIpc) is 2.59. The van der Waals surface area contributed by atoms with E-state index >= 15 is 0 Å². The standard InChI is InChI=1S/C10H6ClF4N3/c11-5-2-1-3-6(12)9(5)18-7(10(13,14)15)4-8(16)17-18/h1-4H,(H2,16,17). The van der Waals surface area contributed by atoms with Crippen molar-refractivity contribution >= 4 is 17.4 Å². The van der Waals surface area contributed by atoms with Crippen LogP contribution in [-0.4, -0.2) is 9.78 Å². The lowest BCUT2D eigenvalue weighted by Gasteiger charge is -2.11. The minimum Gasteiger partial charge on any atom is -0.382 e. The van der Waals surface area contributed by atoms with Gasteiger partial charge in [-0.2, -0.15) is 13.2 Å². The van der Waals surface area contributed by atoms with Gasteiger partial charge < -0.3 is 5.73 Å². The quantitative estimate of drug-likeness (QED) is 0.814. The summed E-state index contributed by atoms with van der Waals surface area (Å²) in [6.07, 6.45) is -4.71. The van der Waals surface area contributed by atoms with E-state index in [0.29, 0.717) is 10.7 Å². The van der Waals surface area contributed by atoms with Gasteiger partial charge in [0.25, 0.3) is 0 Å². The third-order valence-corrected chi connectivity index (χ3v) is 2.47. The molecular weight excluding hydrogens is 274 g/mol. The zero-order valence-corrected chi connectivity index (χ0v) is 9.43. The fourth-order valence-corrected chi connectivity index (χ4v) is 1.71. The minimum absolute atomic E-state index is 0.191. The number of aromatic nitrogens is 2. The van der Waals surface area contributed by atoms with Crippen LogP contribution < -0.4 is 5.73 Å². The van der Waals surface area contributed by atoms with Crippen LogP contribution >= 0.6 is 11.6 Å². The molecule has 0 bridgehead atoms. The molecule has 1 aromatic carbocycles. The second-order valence-corrected chi connectivity index (χ2v) is 3.84. The summed E-state index contributed by atoms with van der Waals surface area (Å²) < 4.78 is 52.1. The molecule has 3 nitrogen and oxygen atoms in total. The van der Waals surface area contributed by atoms with Crippen molar-refractivity contribution in [3.05, 3.63) is 40.8 Å². The molecule has 0 fully saturated rings. The van der Waals surface area contributed by atoms with Gasteiger partial charge in [0.2, 0.25) is 0 Å². The molecule has 0 saturated heterocycles. The Balaban J connectivity index is 2.72. The molecule has 0 amide bonds. The van der Waals surface area contributed by atoms with E-state index in [1.165, 1.54) is 12.1 Å². The van der Waals surface area contributed by atoms with Gasteiger partial charge >= 0.3 is 6.18 Å². The van der Waals surface area contributed by atoms with E-state index in [1.54, 1.807) is 0 Å². The maximum Gasteiger partial charge on any atom is 0.433 e. The van der Waals surface area contributed by atoms with Gasteiger partial charge in [-0.3, -0.25) is 0 Å². The third kappa shape index (κ3) is 2.13. The molecule has 0 aliphatic carbocycles. The number of nitrogen functional groups attached to an aromatic ring is 1. The smallest absolute Gasteiger partial charge is 0.382 e. The summed E-state index contributed by atoms with van der Waals surface area (Å²) in [5.74, 6) is -1.29. The van der Waals surface area contributed by atoms with Crippen molar-refractivity contribution in [2.75, 3.05) is 5.73 Å². The fraction of sp³-hybridized carbons (Fsp3) is 0.100. The summed E-state index contributed by atoms with van der Waals surface area (Å²) in [6, 6.07) is 4.14. The molecule has 96 valence electrons. The van der Waals surface area contributed by atoms with Crippen LogP contribution in [0.2, 0.25) is 5.02 Å². The Morgan fingerprint density at radius 2 is 1.94 bits per heavy atom. The van der Waals surface area contributed by atoms with E-state index < -0.39 is 23.4 Å². The number of anilines is 1. The summed E-state index contributed by atoms with van der Waals surface area (Å²) in [5.41, 5.74) is 3.54. The van der Waals surface area contributed by atoms with Crippen LogP contribution in [0.25, 0.3) is 5.69 Å². The van der Waals surface area contributed by atoms with Gasteiger partial charge in [-0.05, 0) is 12.1 Å². The highest BCUT2D eigenvalue weighted by Gasteiger charge is 2.37. The Morgan fingerprint density at radius 1 is 1.28 bits per heavy atom. The summed E-state index contributed by atoms with van der Waals surface area (Å²) in [7, 11) is 0. The van der Waals surface area contributed by atoms with Crippen LogP contribution in [0.15, 0.2) is 24.3 Å². The Labute approximate surface area is 104 Å². The monoisotopic (exact) mass is 279 g/mol. The normalized spacial score (nSPS) is 11.8. The maximum atomic E-state index is 13.6. The van der Waals surface area contributed by atoms with Crippen molar-refractivity contribution in [2.45, 2.75) is 6.18 Å². The van der Waals surface area contributed by atoms with Gasteiger partial charge in [-0.25, -0.2) is 9.07 Å². The van der Waals surface area contributed by atoms with Crippen LogP contribution in [0, 0.1) is 5.82 Å². The molecule has 2 N–H and O–H groups in total. The van der Waals surface area contributed by atoms with Gasteiger partial charge in [-0.1, -0.05) is 17.7 Å². The van der Waals surface area contributed by atoms with Crippen LogP contribution in [0.1, 0.15) is 5.69 Å². The van der Waals surface area contributed by atoms with Crippen molar-refractivity contribution in [1.82, 2.24) is 9.78 Å². The number of hydrogen-bond donors (Lipinski definition) is 1. The van der Waals surface area contributed by atoms with Gasteiger partial charge in [0.1, 0.15) is 17.3 Å². The number of halogens is 5. The van der Waals surface area contributed by atoms with E-state index in [4.69, 9.17) is 17.3 Å². The van der Waals surface area contributed by atoms with Gasteiger partial charge in [0, 0.05) is 6.07 Å². The van der Waals surface area contributed by atoms with Crippen molar-refractivity contribution < 1.29 is 17.6 Å². The van der Waals surface area contributed by atoms with Gasteiger partial charge in [-0.15, -0.1) is 5.10 Å². The Hall–Kier alpha value is -1.76. The number of hydrogen-bond acceptors (Lipinski definition) is 2. The van der Waals surface area contributed by atoms with Crippen LogP contribution in [0.5, 0.6) is 0 Å². The predicted octanol–water partition coefficient (Wildman–Crippen LogP) is 3.27. The minimum atomic E-state index is -4.71. The second-order valence-electron chi connectivity index (χ2n) is 3.43. The van der Waals surface area contributed by atoms with E-state index in [1.807, 2.05) is 0 Å². The molecule has 2 aromatic rings. The first-order valence-corrected chi connectivity index (χ1v) is 5.05. The molecule has 18 heavy (non-hydrogen) atoms. The topological polar surface area (TPSA) is 43.8 Å². The van der Waals surface area contributed by atoms with Crippen molar-refractivity contribution in [3.8, 4) is 5.69 Å². The summed E-state index contributed by atoms with van der Waals surface area (Å²) in [5, 5.41) is 3.23. The first kappa shape index (κ1) is 12.7. The highest BCUT2D eigenvalue weighted by molar-refractivity contribution is 6.32. The van der Waals surface area contributed by atoms with Crippen LogP contribution in [0.3, 0.4) is 0 Å². The molecule has 0 aliphatic heterocycles. The first-order valence-electron chi connectivity index (χ1n) is 4.68. The van der Waals surface area contributed by atoms with E-state index in [0.717, 1.165) is 6.07 Å². The number of rotatable bonds is 1. The van der Waals surface area contributed by atoms with Crippen LogP contribution in [-0.2, 0) is 6.18 Å². The number of benzene rings is 1. The zero-order chi connectivity index (χ0) is 13.5. The molecular formula is C10H6ClF4N3. The lowest BCUT2D eigenvalue weighted by molar-refractivity contribution is -0.142. The molecule has 0 spiro atoms. The molecule has 0 radical (unpaired) electrons. The number of nitrogens with two attached hydrogens (primary N) is 1. The van der Waals surface area contributed by atoms with Gasteiger partial charge in [0.05, 0.1) is 5.02 Å². The van der Waals surface area contributed by atoms with Crippen LogP contribution in [0.4, 0.5) is 23.4 Å². The third-order valence-electron chi connectivity index (χ3n) is 2.17. The van der Waals surface area contributed by atoms with Gasteiger partial charge in [0.15, 0.2) is 5.69 Å². The molecule has 1 aromatic heterocycles. The second kappa shape index (κ2) is 4.16. The average molecular weight is 280 g/mol. The molecule has 0 unspecified atom stereocenters. The summed E-state index contributed by atoms with van der Waals surface area (Å²) in [4.78, 5) is 0. The fourth-order valence-electron chi connectivity index (χ4n) is 1.46. The van der Waals surface area contributed by atoms with E-state index in [9.17, 15) is 17.6 Å². The lowest BCUT2D eigenvalue weighted by Crippen LogP contribution is -2.14. The lowest BCUT2D eigenvalue weighted by atomic mass is 10.3. The van der Waals surface area contributed by atoms with E-state index in [-0.39, 0.29) is 10.8 Å². The Bertz CT molecular complexity index is 571. The molecule has 2 rings (SSSR count). The summed E-state index contributed by atoms with van der Waals surface area (Å²) >= 11 is 5.69. The number of para-hydroxylation sites is 1. The first-order chi connectivity index (χ1) is 8.30. The molecule has 0 atom stereocenters. The predicted molar refractivity (Wildman–Crippen MR) is 57.9 cm³/mol. The highest BCUT2D eigenvalue weighted by atomic mass is 35.5. The van der Waals surface area contributed by atoms with Crippen molar-refractivity contribution in [3.63, 3.8) is 0 Å². The number of nitrogens with zero attached hydrogens (tertiary/aromatic N) is 2. The molecule has 0 aliphatic rings. The summed E-state index contributed by atoms with van der Waals surface area (Å²) in [6.45, 7) is 0. The molecule has 8 heteroatoms. The SMILES string of the molecule is Nc1cc(C(F)(F)F)n(-c2c(F)cccc2Cl)n1. The Kier molecular flexibility index (Phi) is 2.94. The highest BCUT2D eigenvalue weighted by Crippen LogP contribution is 2.34. The largest absolute Gasteiger partial charge is 0.433 e. The van der Waals surface area contributed by atoms with Crippen molar-refractivity contribution in [1.29, 1.82) is 0 Å².